The lowest BCUT2D eigenvalue weighted by atomic mass is 9.94. The number of hydrogen-bond acceptors (Lipinski definition) is 3. The summed E-state index contributed by atoms with van der Waals surface area (Å²) in [7, 11) is 0. The first-order valence-electron chi connectivity index (χ1n) is 9.65. The molecule has 6 heteroatoms. The molecule has 0 spiro atoms. The minimum absolute atomic E-state index is 0.0680. The second kappa shape index (κ2) is 6.96. The number of rotatable bonds is 2. The van der Waals surface area contributed by atoms with Crippen LogP contribution in [0, 0.1) is 11.8 Å². The van der Waals surface area contributed by atoms with Gasteiger partial charge in [0, 0.05) is 50.6 Å². The molecule has 3 rings (SSSR count). The van der Waals surface area contributed by atoms with Crippen LogP contribution in [0.4, 0.5) is 0 Å². The predicted octanol–water partition coefficient (Wildman–Crippen LogP) is 1.49. The Morgan fingerprint density at radius 2 is 1.40 bits per heavy atom. The van der Waals surface area contributed by atoms with Crippen LogP contribution in [-0.2, 0) is 14.4 Å². The van der Waals surface area contributed by atoms with E-state index < -0.39 is 0 Å². The summed E-state index contributed by atoms with van der Waals surface area (Å²) < 4.78 is 0. The third kappa shape index (κ3) is 3.82. The maximum Gasteiger partial charge on any atom is 0.227 e. The minimum atomic E-state index is -0.235. The minimum Gasteiger partial charge on any atom is -0.342 e. The van der Waals surface area contributed by atoms with E-state index in [0.29, 0.717) is 26.1 Å². The maximum absolute atomic E-state index is 12.8. The van der Waals surface area contributed by atoms with Gasteiger partial charge in [0.05, 0.1) is 5.92 Å². The van der Waals surface area contributed by atoms with Gasteiger partial charge >= 0.3 is 0 Å². The number of nitrogens with zero attached hydrogens (tertiary/aromatic N) is 3. The molecule has 1 atom stereocenters. The zero-order valence-electron chi connectivity index (χ0n) is 15.8. The molecule has 140 valence electrons. The Hall–Kier alpha value is -1.59. The molecule has 1 unspecified atom stereocenters. The summed E-state index contributed by atoms with van der Waals surface area (Å²) in [5, 5.41) is 0. The number of piperidine rings is 1. The van der Waals surface area contributed by atoms with Crippen molar-refractivity contribution in [1.29, 1.82) is 0 Å². The molecule has 0 aromatic carbocycles. The summed E-state index contributed by atoms with van der Waals surface area (Å²) in [6.45, 7) is 9.61. The van der Waals surface area contributed by atoms with Crippen LogP contribution in [0.2, 0.25) is 0 Å². The van der Waals surface area contributed by atoms with E-state index in [1.54, 1.807) is 0 Å². The topological polar surface area (TPSA) is 60.9 Å². The van der Waals surface area contributed by atoms with Crippen LogP contribution in [0.25, 0.3) is 0 Å². The van der Waals surface area contributed by atoms with Gasteiger partial charge in [0.1, 0.15) is 0 Å². The van der Waals surface area contributed by atoms with E-state index in [-0.39, 0.29) is 35.1 Å². The molecule has 3 amide bonds. The van der Waals surface area contributed by atoms with Gasteiger partial charge in [0.25, 0.3) is 0 Å². The van der Waals surface area contributed by atoms with Crippen LogP contribution >= 0.6 is 0 Å². The van der Waals surface area contributed by atoms with Crippen molar-refractivity contribution in [1.82, 2.24) is 14.7 Å². The summed E-state index contributed by atoms with van der Waals surface area (Å²) in [6.07, 6.45) is 4.06. The van der Waals surface area contributed by atoms with E-state index in [4.69, 9.17) is 0 Å². The first-order valence-corrected chi connectivity index (χ1v) is 9.65. The highest BCUT2D eigenvalue weighted by Gasteiger charge is 2.41. The van der Waals surface area contributed by atoms with Crippen molar-refractivity contribution in [3.8, 4) is 0 Å². The first-order chi connectivity index (χ1) is 11.8. The fraction of sp³-hybridized carbons (Fsp3) is 0.842. The largest absolute Gasteiger partial charge is 0.342 e. The van der Waals surface area contributed by atoms with Gasteiger partial charge in [-0.25, -0.2) is 0 Å². The molecule has 0 saturated carbocycles. The molecule has 3 heterocycles. The molecule has 3 fully saturated rings. The third-order valence-corrected chi connectivity index (χ3v) is 5.86. The molecule has 0 N–H and O–H groups in total. The highest BCUT2D eigenvalue weighted by molar-refractivity contribution is 5.90. The highest BCUT2D eigenvalue weighted by atomic mass is 16.2. The van der Waals surface area contributed by atoms with E-state index in [1.165, 1.54) is 0 Å². The standard InChI is InChI=1S/C19H31N3O3/c1-19(2,3)22-13-15(12-16(22)23)18(25)21-10-6-14(7-11-21)17(24)20-8-4-5-9-20/h14-15H,4-13H2,1-3H3. The summed E-state index contributed by atoms with van der Waals surface area (Å²) in [5.41, 5.74) is -0.235. The van der Waals surface area contributed by atoms with Crippen molar-refractivity contribution in [2.24, 2.45) is 11.8 Å². The van der Waals surface area contributed by atoms with Crippen LogP contribution in [0.5, 0.6) is 0 Å². The smallest absolute Gasteiger partial charge is 0.227 e. The molecule has 0 aromatic rings. The SMILES string of the molecule is CC(C)(C)N1CC(C(=O)N2CCC(C(=O)N3CCCC3)CC2)CC1=O. The molecule has 6 nitrogen and oxygen atoms in total. The van der Waals surface area contributed by atoms with Gasteiger partial charge in [0.2, 0.25) is 17.7 Å². The number of likely N-dealkylation sites (tertiary alicyclic amines) is 3. The van der Waals surface area contributed by atoms with E-state index in [2.05, 4.69) is 0 Å². The Morgan fingerprint density at radius 3 is 1.92 bits per heavy atom. The monoisotopic (exact) mass is 349 g/mol. The van der Waals surface area contributed by atoms with Crippen molar-refractivity contribution < 1.29 is 14.4 Å². The Bertz CT molecular complexity index is 541. The third-order valence-electron chi connectivity index (χ3n) is 5.86. The zero-order valence-corrected chi connectivity index (χ0v) is 15.8. The van der Waals surface area contributed by atoms with Gasteiger partial charge in [-0.3, -0.25) is 14.4 Å². The average Bonchev–Trinajstić information content (AvgIpc) is 3.22. The van der Waals surface area contributed by atoms with Crippen LogP contribution in [0.3, 0.4) is 0 Å². The van der Waals surface area contributed by atoms with E-state index in [9.17, 15) is 14.4 Å². The normalized spacial score (nSPS) is 25.8. The van der Waals surface area contributed by atoms with Crippen molar-refractivity contribution in [3.63, 3.8) is 0 Å². The molecule has 0 bridgehead atoms. The van der Waals surface area contributed by atoms with Gasteiger partial charge in [-0.1, -0.05) is 0 Å². The molecule has 0 aliphatic carbocycles. The van der Waals surface area contributed by atoms with Crippen molar-refractivity contribution in [2.75, 3.05) is 32.7 Å². The molecule has 3 saturated heterocycles. The Labute approximate surface area is 150 Å². The molecule has 3 aliphatic heterocycles. The number of hydrogen-bond donors (Lipinski definition) is 0. The van der Waals surface area contributed by atoms with Gasteiger partial charge in [-0.15, -0.1) is 0 Å². The summed E-state index contributed by atoms with van der Waals surface area (Å²) in [6, 6.07) is 0. The number of amides is 3. The molecular formula is C19H31N3O3. The lowest BCUT2D eigenvalue weighted by Crippen LogP contribution is -2.47. The zero-order chi connectivity index (χ0) is 18.2. The second-order valence-corrected chi connectivity index (χ2v) is 8.71. The molecule has 3 aliphatic rings. The van der Waals surface area contributed by atoms with Crippen LogP contribution in [-0.4, -0.2) is 70.7 Å². The van der Waals surface area contributed by atoms with Crippen molar-refractivity contribution in [2.45, 2.75) is 58.4 Å². The highest BCUT2D eigenvalue weighted by Crippen LogP contribution is 2.29. The Morgan fingerprint density at radius 1 is 0.880 bits per heavy atom. The fourth-order valence-electron chi connectivity index (χ4n) is 4.32. The summed E-state index contributed by atoms with van der Waals surface area (Å²) in [5.74, 6) is 0.285. The van der Waals surface area contributed by atoms with Crippen molar-refractivity contribution >= 4 is 17.7 Å². The lowest BCUT2D eigenvalue weighted by Gasteiger charge is -2.35. The number of carbonyl (C=O) groups is 3. The van der Waals surface area contributed by atoms with Gasteiger partial charge in [-0.2, -0.15) is 0 Å². The van der Waals surface area contributed by atoms with Crippen LogP contribution in [0.15, 0.2) is 0 Å². The van der Waals surface area contributed by atoms with Gasteiger partial charge in [-0.05, 0) is 46.5 Å². The number of carbonyl (C=O) groups excluding carboxylic acids is 3. The quantitative estimate of drug-likeness (QED) is 0.759. The second-order valence-electron chi connectivity index (χ2n) is 8.71. The van der Waals surface area contributed by atoms with E-state index in [0.717, 1.165) is 38.8 Å². The predicted molar refractivity (Wildman–Crippen MR) is 94.7 cm³/mol. The van der Waals surface area contributed by atoms with Crippen molar-refractivity contribution in [3.05, 3.63) is 0 Å². The maximum atomic E-state index is 12.8. The lowest BCUT2D eigenvalue weighted by molar-refractivity contribution is -0.142. The van der Waals surface area contributed by atoms with Crippen LogP contribution in [0.1, 0.15) is 52.9 Å². The van der Waals surface area contributed by atoms with Gasteiger partial charge in [0.15, 0.2) is 0 Å². The van der Waals surface area contributed by atoms with E-state index in [1.807, 2.05) is 35.5 Å². The summed E-state index contributed by atoms with van der Waals surface area (Å²) >= 11 is 0. The average molecular weight is 349 g/mol. The first kappa shape index (κ1) is 18.2. The fourth-order valence-corrected chi connectivity index (χ4v) is 4.32. The summed E-state index contributed by atoms with van der Waals surface area (Å²) in [4.78, 5) is 43.2. The molecule has 25 heavy (non-hydrogen) atoms. The Balaban J connectivity index is 1.52. The molecule has 0 radical (unpaired) electrons. The van der Waals surface area contributed by atoms with Gasteiger partial charge < -0.3 is 14.7 Å². The van der Waals surface area contributed by atoms with Crippen LogP contribution < -0.4 is 0 Å². The molecule has 0 aromatic heterocycles. The molecular weight excluding hydrogens is 318 g/mol. The Kier molecular flexibility index (Phi) is 5.07. The van der Waals surface area contributed by atoms with E-state index >= 15 is 0 Å².